The number of likely N-dealkylation sites (tertiary alicyclic amines) is 1. The molecule has 2 aliphatic heterocycles. The van der Waals surface area contributed by atoms with E-state index >= 15 is 0 Å². The number of carbonyl (C=O) groups is 3. The minimum Gasteiger partial charge on any atom is -0.487 e. The minimum absolute atomic E-state index is 0.0255. The van der Waals surface area contributed by atoms with Crippen molar-refractivity contribution in [3.8, 4) is 5.75 Å². The second-order valence-electron chi connectivity index (χ2n) is 13.0. The second-order valence-corrected chi connectivity index (χ2v) is 13.4. The number of amides is 2. The molecule has 1 saturated heterocycles. The number of nitrogens with two attached hydrogens (primary N) is 2. The van der Waals surface area contributed by atoms with E-state index in [4.69, 9.17) is 27.9 Å². The first-order valence-corrected chi connectivity index (χ1v) is 15.2. The summed E-state index contributed by atoms with van der Waals surface area (Å²) in [6, 6.07) is 2.45. The molecule has 44 heavy (non-hydrogen) atoms. The van der Waals surface area contributed by atoms with Crippen LogP contribution in [0.1, 0.15) is 62.6 Å². The van der Waals surface area contributed by atoms with Crippen LogP contribution in [0.15, 0.2) is 23.5 Å². The van der Waals surface area contributed by atoms with Crippen molar-refractivity contribution in [1.82, 2.24) is 14.8 Å². The van der Waals surface area contributed by atoms with Gasteiger partial charge >= 0.3 is 5.97 Å². The number of ether oxygens (including phenoxy) is 1. The lowest BCUT2D eigenvalue weighted by atomic mass is 9.65. The lowest BCUT2D eigenvalue weighted by molar-refractivity contribution is -0.166. The maximum Gasteiger partial charge on any atom is 0.310 e. The highest BCUT2D eigenvalue weighted by Crippen LogP contribution is 2.54. The summed E-state index contributed by atoms with van der Waals surface area (Å²) < 4.78 is 33.3. The molecule has 14 heteroatoms. The molecule has 0 radical (unpaired) electrons. The summed E-state index contributed by atoms with van der Waals surface area (Å²) in [7, 11) is 1.24. The van der Waals surface area contributed by atoms with Crippen LogP contribution in [0, 0.1) is 16.7 Å². The van der Waals surface area contributed by atoms with Crippen LogP contribution >= 0.6 is 11.6 Å². The van der Waals surface area contributed by atoms with Gasteiger partial charge in [0.05, 0.1) is 29.2 Å². The fourth-order valence-corrected chi connectivity index (χ4v) is 7.48. The Morgan fingerprint density at radius 3 is 2.57 bits per heavy atom. The molecule has 0 bridgehead atoms. The van der Waals surface area contributed by atoms with Crippen molar-refractivity contribution in [1.29, 1.82) is 0 Å². The number of aliphatic carboxylic acids is 1. The first-order chi connectivity index (χ1) is 20.7. The zero-order valence-corrected chi connectivity index (χ0v) is 25.7. The van der Waals surface area contributed by atoms with Crippen LogP contribution < -0.4 is 16.3 Å². The predicted molar refractivity (Wildman–Crippen MR) is 156 cm³/mol. The molecule has 1 aromatic rings. The number of carbonyl (C=O) groups excluding carboxylic acids is 2. The molecule has 1 unspecified atom stereocenters. The van der Waals surface area contributed by atoms with Crippen molar-refractivity contribution < 1.29 is 38.1 Å². The fourth-order valence-electron chi connectivity index (χ4n) is 7.22. The Kier molecular flexibility index (Phi) is 8.78. The van der Waals surface area contributed by atoms with Gasteiger partial charge in [-0.2, -0.15) is 0 Å². The van der Waals surface area contributed by atoms with Gasteiger partial charge in [-0.1, -0.05) is 11.6 Å². The van der Waals surface area contributed by atoms with Gasteiger partial charge in [0.2, 0.25) is 11.8 Å². The summed E-state index contributed by atoms with van der Waals surface area (Å²) >= 11 is 6.65. The van der Waals surface area contributed by atoms with Crippen LogP contribution in [0.2, 0.25) is 5.02 Å². The molecule has 242 valence electrons. The highest BCUT2D eigenvalue weighted by molar-refractivity contribution is 6.31. The normalized spacial score (nSPS) is 28.2. The third-order valence-electron chi connectivity index (χ3n) is 9.91. The fraction of sp³-hybridized carbons (Fsp3) is 0.633. The third kappa shape index (κ3) is 5.93. The average molecular weight is 640 g/mol. The van der Waals surface area contributed by atoms with Crippen molar-refractivity contribution in [2.75, 3.05) is 33.3 Å². The first-order valence-electron chi connectivity index (χ1n) is 14.9. The number of aliphatic hydroxyl groups is 1. The van der Waals surface area contributed by atoms with E-state index in [1.165, 1.54) is 14.0 Å². The van der Waals surface area contributed by atoms with Gasteiger partial charge in [-0.3, -0.25) is 14.4 Å². The molecule has 4 atom stereocenters. The Hall–Kier alpha value is -3.16. The van der Waals surface area contributed by atoms with Gasteiger partial charge in [-0.25, -0.2) is 14.6 Å². The first kappa shape index (κ1) is 32.2. The van der Waals surface area contributed by atoms with Crippen LogP contribution in [-0.4, -0.2) is 88.6 Å². The summed E-state index contributed by atoms with van der Waals surface area (Å²) in [4.78, 5) is 43.3. The summed E-state index contributed by atoms with van der Waals surface area (Å²) in [6.07, 6.45) is -0.702. The minimum atomic E-state index is -2.94. The number of hydrazine groups is 1. The maximum absolute atomic E-state index is 14.4. The third-order valence-corrected chi connectivity index (χ3v) is 10.3. The zero-order chi connectivity index (χ0) is 32.1. The Balaban J connectivity index is 1.54. The SMILES string of the molecule is CN(N)/C(=C(\N)COc1ccc(Cl)c2c1C(CN1CC3(CC3)CC1=O)N(C(=O)[C@@H]1CC[C@H](O)C[C@]1(C)C(=O)O)CC2)C(F)F. The number of halogens is 3. The lowest BCUT2D eigenvalue weighted by Crippen LogP contribution is -2.54. The smallest absolute Gasteiger partial charge is 0.310 e. The van der Waals surface area contributed by atoms with Crippen LogP contribution in [0.4, 0.5) is 8.78 Å². The molecule has 2 aliphatic carbocycles. The quantitative estimate of drug-likeness (QED) is 0.235. The number of fused-ring (bicyclic) bond motifs is 1. The summed E-state index contributed by atoms with van der Waals surface area (Å²) in [5.41, 5.74) is 4.79. The maximum atomic E-state index is 14.4. The number of benzene rings is 1. The largest absolute Gasteiger partial charge is 0.487 e. The van der Waals surface area contributed by atoms with E-state index in [9.17, 15) is 33.4 Å². The Morgan fingerprint density at radius 2 is 1.98 bits per heavy atom. The van der Waals surface area contributed by atoms with Crippen LogP contribution in [0.3, 0.4) is 0 Å². The molecular weight excluding hydrogens is 600 g/mol. The topological polar surface area (TPSA) is 163 Å². The van der Waals surface area contributed by atoms with Gasteiger partial charge < -0.3 is 35.5 Å². The standard InChI is InChI=1S/C30H40ClF2N5O6/c1-29(28(42)43)11-16(39)3-4-18(29)27(41)38-10-7-17-19(31)5-6-22(44-14-20(34)25(26(32)33)36(2)35)24(17)21(38)13-37-15-30(8-9-30)12-23(37)40/h5-6,16,18,21,26,39H,3-4,7-15,34-35H2,1-2H3,(H,42,43)/b25-20-/t16-,18-,21?,29-/m0/s1. The number of hydrogen-bond donors (Lipinski definition) is 4. The Labute approximate surface area is 259 Å². The molecule has 2 heterocycles. The number of carboxylic acid groups (broad SMARTS) is 1. The van der Waals surface area contributed by atoms with Crippen molar-refractivity contribution in [3.05, 3.63) is 39.7 Å². The van der Waals surface area contributed by atoms with Crippen LogP contribution in [0.5, 0.6) is 5.75 Å². The number of aliphatic hydroxyl groups excluding tert-OH is 1. The van der Waals surface area contributed by atoms with Gasteiger partial charge in [0.25, 0.3) is 6.43 Å². The van der Waals surface area contributed by atoms with E-state index in [0.717, 1.165) is 17.9 Å². The molecule has 5 rings (SSSR count). The molecule has 6 N–H and O–H groups in total. The number of carboxylic acids is 1. The number of hydrogen-bond acceptors (Lipinski definition) is 8. The lowest BCUT2D eigenvalue weighted by Gasteiger charge is -2.46. The van der Waals surface area contributed by atoms with E-state index < -0.39 is 48.2 Å². The summed E-state index contributed by atoms with van der Waals surface area (Å²) in [5, 5.41) is 21.6. The molecule has 2 saturated carbocycles. The summed E-state index contributed by atoms with van der Waals surface area (Å²) in [6.45, 7) is 1.96. The van der Waals surface area contributed by atoms with Gasteiger partial charge in [0, 0.05) is 43.7 Å². The van der Waals surface area contributed by atoms with Crippen molar-refractivity contribution >= 4 is 29.4 Å². The molecular formula is C30H40ClF2N5O6. The molecule has 2 amide bonds. The number of allylic oxidation sites excluding steroid dienone is 1. The molecule has 3 fully saturated rings. The Bertz CT molecular complexity index is 1360. The number of rotatable bonds is 9. The second kappa shape index (κ2) is 12.0. The van der Waals surface area contributed by atoms with E-state index in [1.807, 2.05) is 0 Å². The highest BCUT2D eigenvalue weighted by Gasteiger charge is 2.54. The van der Waals surface area contributed by atoms with Gasteiger partial charge in [-0.15, -0.1) is 0 Å². The van der Waals surface area contributed by atoms with Gasteiger partial charge in [0.15, 0.2) is 0 Å². The van der Waals surface area contributed by atoms with E-state index in [-0.39, 0.29) is 61.0 Å². The van der Waals surface area contributed by atoms with Crippen LogP contribution in [-0.2, 0) is 20.8 Å². The van der Waals surface area contributed by atoms with E-state index in [2.05, 4.69) is 0 Å². The zero-order valence-electron chi connectivity index (χ0n) is 24.9. The van der Waals surface area contributed by atoms with Crippen LogP contribution in [0.25, 0.3) is 0 Å². The molecule has 11 nitrogen and oxygen atoms in total. The average Bonchev–Trinajstić information content (AvgIpc) is 3.62. The molecule has 0 aromatic heterocycles. The van der Waals surface area contributed by atoms with E-state index in [1.54, 1.807) is 21.9 Å². The van der Waals surface area contributed by atoms with Gasteiger partial charge in [-0.05, 0) is 68.6 Å². The molecule has 4 aliphatic rings. The predicted octanol–water partition coefficient (Wildman–Crippen LogP) is 2.65. The van der Waals surface area contributed by atoms with Gasteiger partial charge in [0.1, 0.15) is 18.1 Å². The summed E-state index contributed by atoms with van der Waals surface area (Å²) in [5.74, 6) is 3.34. The number of alkyl halides is 2. The monoisotopic (exact) mass is 639 g/mol. The van der Waals surface area contributed by atoms with Crippen molar-refractivity contribution in [3.63, 3.8) is 0 Å². The van der Waals surface area contributed by atoms with E-state index in [0.29, 0.717) is 35.5 Å². The highest BCUT2D eigenvalue weighted by atomic mass is 35.5. The Morgan fingerprint density at radius 1 is 1.27 bits per heavy atom. The van der Waals surface area contributed by atoms with Crippen molar-refractivity contribution in [2.45, 2.75) is 70.4 Å². The molecule has 1 spiro atoms. The number of nitrogens with zero attached hydrogens (tertiary/aromatic N) is 3. The van der Waals surface area contributed by atoms with Crippen molar-refractivity contribution in [2.24, 2.45) is 28.3 Å². The molecule has 1 aromatic carbocycles.